The van der Waals surface area contributed by atoms with Gasteiger partial charge in [-0.3, -0.25) is 0 Å². The molecule has 0 unspecified atom stereocenters. The summed E-state index contributed by atoms with van der Waals surface area (Å²) in [6.07, 6.45) is 0. The van der Waals surface area contributed by atoms with Crippen LogP contribution in [0.3, 0.4) is 0 Å². The van der Waals surface area contributed by atoms with Crippen molar-refractivity contribution in [1.29, 1.82) is 0 Å². The van der Waals surface area contributed by atoms with Crippen molar-refractivity contribution in [3.63, 3.8) is 0 Å². The first-order valence-electron chi connectivity index (χ1n) is 26.4. The highest BCUT2D eigenvalue weighted by molar-refractivity contribution is 9.10. The third-order valence-electron chi connectivity index (χ3n) is 15.3. The van der Waals surface area contributed by atoms with Gasteiger partial charge in [0, 0.05) is 48.1 Å². The first kappa shape index (κ1) is 47.3. The summed E-state index contributed by atoms with van der Waals surface area (Å²) in [5.74, 6) is 0. The number of nitrogens with zero attached hydrogens (tertiary/aromatic N) is 3. The third-order valence-corrected chi connectivity index (χ3v) is 16.9. The van der Waals surface area contributed by atoms with Gasteiger partial charge in [-0.2, -0.15) is 0 Å². The molecule has 5 heteroatoms. The zero-order valence-electron chi connectivity index (χ0n) is 42.5. The molecule has 0 atom stereocenters. The number of para-hydroxylation sites is 5. The molecule has 0 radical (unpaired) electrons. The molecule has 0 saturated heterocycles. The van der Waals surface area contributed by atoms with Crippen LogP contribution in [-0.4, -0.2) is 0 Å². The summed E-state index contributed by atoms with van der Waals surface area (Å²) in [6.45, 7) is 0. The average Bonchev–Trinajstić information content (AvgIpc) is 3.11. The Hall–Kier alpha value is -9.13. The molecule has 0 N–H and O–H groups in total. The van der Waals surface area contributed by atoms with Crippen molar-refractivity contribution in [2.45, 2.75) is 15.2 Å². The maximum atomic E-state index is 3.90. The maximum absolute atomic E-state index is 3.90. The number of hydrogen-bond donors (Lipinski definition) is 0. The van der Waals surface area contributed by atoms with Gasteiger partial charge in [0.1, 0.15) is 0 Å². The van der Waals surface area contributed by atoms with E-state index >= 15 is 0 Å². The molecule has 0 saturated carbocycles. The summed E-state index contributed by atoms with van der Waals surface area (Å²) >= 11 is 5.76. The lowest BCUT2D eigenvalue weighted by atomic mass is 9.67. The third kappa shape index (κ3) is 8.13. The lowest BCUT2D eigenvalue weighted by Crippen LogP contribution is -2.32. The zero-order valence-corrected chi connectivity index (χ0v) is 44.9. The highest BCUT2D eigenvalue weighted by Crippen LogP contribution is 2.63. The number of anilines is 9. The van der Waals surface area contributed by atoms with E-state index in [-0.39, 0.29) is 0 Å². The minimum atomic E-state index is -0.516. The first-order valence-corrected chi connectivity index (χ1v) is 28.0. The van der Waals surface area contributed by atoms with Gasteiger partial charge in [0.25, 0.3) is 0 Å². The Labute approximate surface area is 469 Å². The molecular weight excluding hydrogens is 1030 g/mol. The molecule has 1 heterocycles. The minimum Gasteiger partial charge on any atom is -0.310 e. The van der Waals surface area contributed by atoms with E-state index in [0.717, 1.165) is 77.9 Å². The van der Waals surface area contributed by atoms with Crippen LogP contribution in [0.15, 0.2) is 318 Å². The molecule has 0 fully saturated rings. The van der Waals surface area contributed by atoms with Gasteiger partial charge in [0.15, 0.2) is 0 Å². The van der Waals surface area contributed by atoms with Crippen molar-refractivity contribution in [2.75, 3.05) is 14.7 Å². The Balaban J connectivity index is 1.05. The monoisotopic (exact) mass is 1080 g/mol. The van der Waals surface area contributed by atoms with Crippen molar-refractivity contribution in [1.82, 2.24) is 0 Å². The van der Waals surface area contributed by atoms with E-state index in [1.54, 1.807) is 0 Å². The number of benzene rings is 12. The fraction of sp³-hybridized carbons (Fsp3) is 0.0137. The van der Waals surface area contributed by atoms with Crippen molar-refractivity contribution in [3.8, 4) is 33.4 Å². The standard InChI is InChI=1S/C73H50BrN3S/c74-53-42-44-67-71(46-53)78-72-50-57(43-45-68(72)73(67)65-38-20-16-36-63(65)64-37-17-21-39-66(64)73)75(54-28-10-3-11-29-54)58-47-59(76(55-30-12-4-13-31-55)69-40-22-18-34-61(69)51-24-6-1-7-25-51)49-60(48-58)77(56-32-14-5-15-33-56)70-41-23-19-35-62(70)52-26-8-2-9-27-52/h1-50H. The second-order valence-electron chi connectivity index (χ2n) is 19.8. The number of halogens is 1. The summed E-state index contributed by atoms with van der Waals surface area (Å²) in [7, 11) is 0. The first-order chi connectivity index (χ1) is 38.6. The Kier molecular flexibility index (Phi) is 12.2. The maximum Gasteiger partial charge on any atom is 0.0735 e. The molecule has 3 nitrogen and oxygen atoms in total. The smallest absolute Gasteiger partial charge is 0.0735 e. The Morgan fingerprint density at radius 2 is 0.615 bits per heavy atom. The predicted molar refractivity (Wildman–Crippen MR) is 330 cm³/mol. The summed E-state index contributed by atoms with van der Waals surface area (Å²) in [5, 5.41) is 0. The summed E-state index contributed by atoms with van der Waals surface area (Å²) in [4.78, 5) is 9.77. The second-order valence-corrected chi connectivity index (χ2v) is 21.8. The van der Waals surface area contributed by atoms with E-state index < -0.39 is 5.41 Å². The molecule has 78 heavy (non-hydrogen) atoms. The lowest BCUT2D eigenvalue weighted by Gasteiger charge is -2.40. The molecule has 0 aromatic heterocycles. The van der Waals surface area contributed by atoms with Crippen LogP contribution in [-0.2, 0) is 5.41 Å². The van der Waals surface area contributed by atoms with E-state index in [0.29, 0.717) is 0 Å². The normalized spacial score (nSPS) is 12.5. The van der Waals surface area contributed by atoms with Crippen LogP contribution in [0.2, 0.25) is 0 Å². The van der Waals surface area contributed by atoms with Crippen LogP contribution in [0.25, 0.3) is 33.4 Å². The topological polar surface area (TPSA) is 9.72 Å². The average molecular weight is 1080 g/mol. The fourth-order valence-corrected chi connectivity index (χ4v) is 13.9. The van der Waals surface area contributed by atoms with E-state index in [4.69, 9.17) is 0 Å². The van der Waals surface area contributed by atoms with E-state index in [2.05, 4.69) is 334 Å². The number of hydrogen-bond acceptors (Lipinski definition) is 4. The van der Waals surface area contributed by atoms with Gasteiger partial charge in [-0.25, -0.2) is 0 Å². The Morgan fingerprint density at radius 3 is 1.09 bits per heavy atom. The van der Waals surface area contributed by atoms with E-state index in [9.17, 15) is 0 Å². The molecule has 1 aliphatic heterocycles. The summed E-state index contributed by atoms with van der Waals surface area (Å²) < 4.78 is 1.06. The fourth-order valence-electron chi connectivity index (χ4n) is 12.1. The SMILES string of the molecule is Brc1ccc2c(c1)Sc1cc(N(c3ccccc3)c3cc(N(c4ccccc4)c4ccccc4-c4ccccc4)cc(N(c4ccccc4)c4ccccc4-c4ccccc4)c3)ccc1C21c2ccccc2-c2ccccc21. The quantitative estimate of drug-likeness (QED) is 0.128. The molecule has 0 amide bonds. The largest absolute Gasteiger partial charge is 0.310 e. The Bertz CT molecular complexity index is 3960. The van der Waals surface area contributed by atoms with Crippen molar-refractivity contribution in [2.24, 2.45) is 0 Å². The summed E-state index contributed by atoms with van der Waals surface area (Å²) in [6, 6.07) is 111. The molecule has 0 bridgehead atoms. The molecule has 370 valence electrons. The predicted octanol–water partition coefficient (Wildman–Crippen LogP) is 21.0. The van der Waals surface area contributed by atoms with Crippen LogP contribution in [0.5, 0.6) is 0 Å². The van der Waals surface area contributed by atoms with Crippen molar-refractivity contribution < 1.29 is 0 Å². The van der Waals surface area contributed by atoms with Crippen LogP contribution >= 0.6 is 27.7 Å². The van der Waals surface area contributed by atoms with Gasteiger partial charge in [-0.15, -0.1) is 0 Å². The molecule has 14 rings (SSSR count). The molecule has 1 spiro atoms. The molecule has 12 aromatic rings. The highest BCUT2D eigenvalue weighted by Gasteiger charge is 2.50. The van der Waals surface area contributed by atoms with Gasteiger partial charge in [0.05, 0.1) is 33.9 Å². The van der Waals surface area contributed by atoms with Crippen molar-refractivity contribution in [3.05, 3.63) is 330 Å². The number of rotatable bonds is 11. The second kappa shape index (κ2) is 20.1. The number of fused-ring (bicyclic) bond motifs is 9. The molecule has 1 aliphatic carbocycles. The van der Waals surface area contributed by atoms with Gasteiger partial charge in [0.2, 0.25) is 0 Å². The van der Waals surface area contributed by atoms with Crippen LogP contribution in [0, 0.1) is 0 Å². The van der Waals surface area contributed by atoms with Gasteiger partial charge in [-0.05, 0) is 136 Å². The van der Waals surface area contributed by atoms with Crippen molar-refractivity contribution >= 4 is 78.9 Å². The van der Waals surface area contributed by atoms with Crippen LogP contribution < -0.4 is 14.7 Å². The molecular formula is C73H50BrN3S. The molecule has 12 aromatic carbocycles. The Morgan fingerprint density at radius 1 is 0.256 bits per heavy atom. The molecule has 2 aliphatic rings. The minimum absolute atomic E-state index is 0.516. The van der Waals surface area contributed by atoms with Crippen LogP contribution in [0.1, 0.15) is 22.3 Å². The van der Waals surface area contributed by atoms with E-state index in [1.165, 1.54) is 43.2 Å². The van der Waals surface area contributed by atoms with Crippen LogP contribution in [0.4, 0.5) is 51.2 Å². The summed E-state index contributed by atoms with van der Waals surface area (Å²) in [5.41, 5.74) is 21.1. The lowest BCUT2D eigenvalue weighted by molar-refractivity contribution is 0.722. The van der Waals surface area contributed by atoms with Gasteiger partial charge < -0.3 is 14.7 Å². The van der Waals surface area contributed by atoms with E-state index in [1.807, 2.05) is 11.8 Å². The zero-order chi connectivity index (χ0) is 52.0. The van der Waals surface area contributed by atoms with Gasteiger partial charge in [-0.1, -0.05) is 240 Å². The highest BCUT2D eigenvalue weighted by atomic mass is 79.9. The van der Waals surface area contributed by atoms with Gasteiger partial charge >= 0.3 is 0 Å².